The summed E-state index contributed by atoms with van der Waals surface area (Å²) in [5.74, 6) is -0.236. The van der Waals surface area contributed by atoms with Crippen LogP contribution in [0.25, 0.3) is 0 Å². The highest BCUT2D eigenvalue weighted by molar-refractivity contribution is 6.35. The van der Waals surface area contributed by atoms with E-state index in [1.807, 2.05) is 12.1 Å². The minimum atomic E-state index is -0.236. The first kappa shape index (κ1) is 17.1. The van der Waals surface area contributed by atoms with E-state index in [0.717, 1.165) is 31.9 Å². The second-order valence-corrected chi connectivity index (χ2v) is 6.42. The van der Waals surface area contributed by atoms with Gasteiger partial charge in [0.1, 0.15) is 0 Å². The summed E-state index contributed by atoms with van der Waals surface area (Å²) in [6.45, 7) is 3.77. The van der Waals surface area contributed by atoms with Crippen molar-refractivity contribution < 1.29 is 9.53 Å². The Bertz CT molecular complexity index is 713. The predicted molar refractivity (Wildman–Crippen MR) is 97.1 cm³/mol. The van der Waals surface area contributed by atoms with Crippen LogP contribution in [0.2, 0.25) is 10.0 Å². The molecule has 0 bridgehead atoms. The van der Waals surface area contributed by atoms with Crippen molar-refractivity contribution in [3.63, 3.8) is 0 Å². The van der Waals surface area contributed by atoms with Gasteiger partial charge in [0.15, 0.2) is 0 Å². The van der Waals surface area contributed by atoms with E-state index in [4.69, 9.17) is 27.9 Å². The van der Waals surface area contributed by atoms with E-state index < -0.39 is 0 Å². The first-order valence-electron chi connectivity index (χ1n) is 7.78. The van der Waals surface area contributed by atoms with Gasteiger partial charge in [0.2, 0.25) is 0 Å². The topological polar surface area (TPSA) is 41.6 Å². The molecule has 1 aliphatic heterocycles. The Balaban J connectivity index is 1.60. The first-order valence-corrected chi connectivity index (χ1v) is 8.54. The molecular formula is C18H18Cl2N2O2. The quantitative estimate of drug-likeness (QED) is 0.897. The number of rotatable bonds is 4. The molecule has 6 heteroatoms. The van der Waals surface area contributed by atoms with Gasteiger partial charge in [-0.05, 0) is 35.9 Å². The zero-order chi connectivity index (χ0) is 16.9. The van der Waals surface area contributed by atoms with Gasteiger partial charge in [0.05, 0.1) is 23.8 Å². The summed E-state index contributed by atoms with van der Waals surface area (Å²) >= 11 is 12.0. The molecule has 1 aliphatic rings. The van der Waals surface area contributed by atoms with E-state index in [1.165, 1.54) is 5.69 Å². The number of carbonyl (C=O) groups excluding carboxylic acids is 1. The normalized spacial score (nSPS) is 14.5. The molecule has 0 spiro atoms. The number of nitrogens with one attached hydrogen (secondary N) is 1. The third-order valence-electron chi connectivity index (χ3n) is 3.94. The summed E-state index contributed by atoms with van der Waals surface area (Å²) in [6.07, 6.45) is 0. The number of benzene rings is 2. The average Bonchev–Trinajstić information content (AvgIpc) is 2.63. The van der Waals surface area contributed by atoms with E-state index in [1.54, 1.807) is 18.2 Å². The molecule has 24 heavy (non-hydrogen) atoms. The van der Waals surface area contributed by atoms with Gasteiger partial charge in [0.25, 0.3) is 5.91 Å². The van der Waals surface area contributed by atoms with Gasteiger partial charge in [-0.25, -0.2) is 0 Å². The molecule has 0 radical (unpaired) electrons. The number of morpholine rings is 1. The van der Waals surface area contributed by atoms with Crippen molar-refractivity contribution in [2.75, 3.05) is 31.2 Å². The molecule has 0 saturated carbocycles. The maximum absolute atomic E-state index is 12.2. The molecule has 1 N–H and O–H groups in total. The Hall–Kier alpha value is -1.75. The number of carbonyl (C=O) groups is 1. The lowest BCUT2D eigenvalue weighted by molar-refractivity contribution is 0.0951. The molecule has 1 fully saturated rings. The highest BCUT2D eigenvalue weighted by Gasteiger charge is 2.12. The maximum Gasteiger partial charge on any atom is 0.253 e. The fourth-order valence-electron chi connectivity index (χ4n) is 2.60. The molecule has 0 aromatic heterocycles. The highest BCUT2D eigenvalue weighted by atomic mass is 35.5. The zero-order valence-corrected chi connectivity index (χ0v) is 14.6. The van der Waals surface area contributed by atoms with Crippen LogP contribution >= 0.6 is 23.2 Å². The number of halogens is 2. The third-order valence-corrected chi connectivity index (χ3v) is 4.50. The Kier molecular flexibility index (Phi) is 5.61. The zero-order valence-electron chi connectivity index (χ0n) is 13.1. The van der Waals surface area contributed by atoms with E-state index >= 15 is 0 Å². The van der Waals surface area contributed by atoms with Crippen LogP contribution in [0.1, 0.15) is 15.9 Å². The number of hydrogen-bond donors (Lipinski definition) is 1. The molecular weight excluding hydrogens is 347 g/mol. The van der Waals surface area contributed by atoms with Crippen molar-refractivity contribution in [3.05, 3.63) is 63.6 Å². The Morgan fingerprint density at radius 2 is 1.79 bits per heavy atom. The highest BCUT2D eigenvalue weighted by Crippen LogP contribution is 2.21. The number of ether oxygens (including phenoxy) is 1. The molecule has 126 valence electrons. The van der Waals surface area contributed by atoms with Crippen LogP contribution in [0.15, 0.2) is 42.5 Å². The summed E-state index contributed by atoms with van der Waals surface area (Å²) < 4.78 is 5.36. The SMILES string of the molecule is O=C(NCc1ccc(N2CCOCC2)cc1)c1cc(Cl)ccc1Cl. The fraction of sp³-hybridized carbons (Fsp3) is 0.278. The molecule has 1 saturated heterocycles. The van der Waals surface area contributed by atoms with Gasteiger partial charge < -0.3 is 15.0 Å². The second kappa shape index (κ2) is 7.88. The van der Waals surface area contributed by atoms with E-state index in [-0.39, 0.29) is 5.91 Å². The monoisotopic (exact) mass is 364 g/mol. The molecule has 3 rings (SSSR count). The van der Waals surface area contributed by atoms with E-state index in [2.05, 4.69) is 22.3 Å². The standard InChI is InChI=1S/C18H18Cl2N2O2/c19-14-3-6-17(20)16(11-14)18(23)21-12-13-1-4-15(5-2-13)22-7-9-24-10-8-22/h1-6,11H,7-10,12H2,(H,21,23). The molecule has 2 aromatic carbocycles. The molecule has 2 aromatic rings. The lowest BCUT2D eigenvalue weighted by Crippen LogP contribution is -2.36. The van der Waals surface area contributed by atoms with Crippen molar-refractivity contribution in [2.24, 2.45) is 0 Å². The van der Waals surface area contributed by atoms with Gasteiger partial charge in [-0.3, -0.25) is 4.79 Å². The fourth-order valence-corrected chi connectivity index (χ4v) is 2.97. The van der Waals surface area contributed by atoms with Gasteiger partial charge >= 0.3 is 0 Å². The van der Waals surface area contributed by atoms with Crippen LogP contribution in [0.3, 0.4) is 0 Å². The summed E-state index contributed by atoms with van der Waals surface area (Å²) in [4.78, 5) is 14.5. The Morgan fingerprint density at radius 3 is 2.50 bits per heavy atom. The van der Waals surface area contributed by atoms with Gasteiger partial charge in [-0.2, -0.15) is 0 Å². The smallest absolute Gasteiger partial charge is 0.253 e. The number of anilines is 1. The summed E-state index contributed by atoms with van der Waals surface area (Å²) in [6, 6.07) is 13.0. The van der Waals surface area contributed by atoms with Crippen molar-refractivity contribution in [1.82, 2.24) is 5.32 Å². The summed E-state index contributed by atoms with van der Waals surface area (Å²) in [7, 11) is 0. The third kappa shape index (κ3) is 4.20. The summed E-state index contributed by atoms with van der Waals surface area (Å²) in [5.41, 5.74) is 2.58. The number of hydrogen-bond acceptors (Lipinski definition) is 3. The predicted octanol–water partition coefficient (Wildman–Crippen LogP) is 3.76. The maximum atomic E-state index is 12.2. The number of amides is 1. The molecule has 1 amide bonds. The van der Waals surface area contributed by atoms with Crippen molar-refractivity contribution in [1.29, 1.82) is 0 Å². The largest absolute Gasteiger partial charge is 0.378 e. The van der Waals surface area contributed by atoms with Crippen LogP contribution in [0.4, 0.5) is 5.69 Å². The average molecular weight is 365 g/mol. The van der Waals surface area contributed by atoms with Crippen LogP contribution < -0.4 is 10.2 Å². The molecule has 1 heterocycles. The van der Waals surface area contributed by atoms with Crippen molar-refractivity contribution >= 4 is 34.8 Å². The molecule has 4 nitrogen and oxygen atoms in total. The minimum Gasteiger partial charge on any atom is -0.378 e. The minimum absolute atomic E-state index is 0.236. The van der Waals surface area contributed by atoms with Crippen LogP contribution in [-0.2, 0) is 11.3 Å². The van der Waals surface area contributed by atoms with E-state index in [0.29, 0.717) is 22.2 Å². The Labute approximate surface area is 151 Å². The van der Waals surface area contributed by atoms with Crippen LogP contribution in [-0.4, -0.2) is 32.2 Å². The second-order valence-electron chi connectivity index (χ2n) is 5.57. The first-order chi connectivity index (χ1) is 11.6. The molecule has 0 unspecified atom stereocenters. The van der Waals surface area contributed by atoms with Crippen molar-refractivity contribution in [3.8, 4) is 0 Å². The number of nitrogens with zero attached hydrogens (tertiary/aromatic N) is 1. The van der Waals surface area contributed by atoms with Crippen LogP contribution in [0.5, 0.6) is 0 Å². The van der Waals surface area contributed by atoms with E-state index in [9.17, 15) is 4.79 Å². The van der Waals surface area contributed by atoms with Gasteiger partial charge in [0, 0.05) is 30.3 Å². The van der Waals surface area contributed by atoms with Crippen molar-refractivity contribution in [2.45, 2.75) is 6.54 Å². The van der Waals surface area contributed by atoms with Gasteiger partial charge in [-0.1, -0.05) is 35.3 Å². The lowest BCUT2D eigenvalue weighted by atomic mass is 10.1. The molecule has 0 aliphatic carbocycles. The van der Waals surface area contributed by atoms with Gasteiger partial charge in [-0.15, -0.1) is 0 Å². The lowest BCUT2D eigenvalue weighted by Gasteiger charge is -2.28. The molecule has 0 atom stereocenters. The Morgan fingerprint density at radius 1 is 1.08 bits per heavy atom. The van der Waals surface area contributed by atoms with Crippen LogP contribution in [0, 0.1) is 0 Å². The summed E-state index contributed by atoms with van der Waals surface area (Å²) in [5, 5.41) is 3.74.